The molecule has 1 unspecified atom stereocenters. The molecule has 6 nitrogen and oxygen atoms in total. The van der Waals surface area contributed by atoms with Crippen molar-refractivity contribution in [1.82, 2.24) is 0 Å². The van der Waals surface area contributed by atoms with Gasteiger partial charge in [-0.25, -0.2) is 0 Å². The number of hydrogen-bond acceptors (Lipinski definition) is 6. The molecule has 0 bridgehead atoms. The van der Waals surface area contributed by atoms with Crippen molar-refractivity contribution in [2.45, 2.75) is 393 Å². The van der Waals surface area contributed by atoms with Gasteiger partial charge in [0.05, 0.1) is 0 Å². The average Bonchev–Trinajstić information content (AvgIpc) is 3.46. The fourth-order valence-corrected chi connectivity index (χ4v) is 10.7. The molecular formula is C74H136O6. The molecule has 6 heteroatoms. The molecule has 0 aromatic rings. The molecule has 1 atom stereocenters. The third-order valence-corrected chi connectivity index (χ3v) is 16.1. The Morgan fingerprint density at radius 1 is 0.250 bits per heavy atom. The number of unbranched alkanes of at least 4 members (excludes halogenated alkanes) is 47. The van der Waals surface area contributed by atoms with Crippen LogP contribution in [0.15, 0.2) is 48.6 Å². The van der Waals surface area contributed by atoms with Gasteiger partial charge >= 0.3 is 17.9 Å². The van der Waals surface area contributed by atoms with Crippen LogP contribution in [-0.2, 0) is 28.6 Å². The first-order valence-electron chi connectivity index (χ1n) is 35.6. The van der Waals surface area contributed by atoms with Crippen molar-refractivity contribution in [3.05, 3.63) is 48.6 Å². The number of ether oxygens (including phenoxy) is 3. The van der Waals surface area contributed by atoms with E-state index in [1.165, 1.54) is 270 Å². The average molecular weight is 1120 g/mol. The van der Waals surface area contributed by atoms with Gasteiger partial charge in [-0.3, -0.25) is 14.4 Å². The van der Waals surface area contributed by atoms with Gasteiger partial charge < -0.3 is 14.2 Å². The Morgan fingerprint density at radius 3 is 0.713 bits per heavy atom. The molecule has 0 aromatic carbocycles. The fourth-order valence-electron chi connectivity index (χ4n) is 10.7. The van der Waals surface area contributed by atoms with Crippen molar-refractivity contribution in [2.24, 2.45) is 0 Å². The quantitative estimate of drug-likeness (QED) is 0.0261. The first-order chi connectivity index (χ1) is 39.5. The highest BCUT2D eigenvalue weighted by Gasteiger charge is 2.19. The molecule has 0 saturated heterocycles. The lowest BCUT2D eigenvalue weighted by Crippen LogP contribution is -2.30. The van der Waals surface area contributed by atoms with E-state index < -0.39 is 6.10 Å². The van der Waals surface area contributed by atoms with Crippen LogP contribution >= 0.6 is 0 Å². The van der Waals surface area contributed by atoms with E-state index in [0.717, 1.165) is 77.0 Å². The molecule has 468 valence electrons. The Labute approximate surface area is 498 Å². The smallest absolute Gasteiger partial charge is 0.306 e. The Bertz CT molecular complexity index is 1380. The third kappa shape index (κ3) is 66.2. The summed E-state index contributed by atoms with van der Waals surface area (Å²) in [5.74, 6) is -0.855. The van der Waals surface area contributed by atoms with Gasteiger partial charge in [-0.2, -0.15) is 0 Å². The number of hydrogen-bond donors (Lipinski definition) is 0. The van der Waals surface area contributed by atoms with Crippen molar-refractivity contribution in [1.29, 1.82) is 0 Å². The van der Waals surface area contributed by atoms with Crippen molar-refractivity contribution in [2.75, 3.05) is 13.2 Å². The Kier molecular flexibility index (Phi) is 66.6. The molecule has 0 saturated carbocycles. The molecule has 0 aliphatic rings. The first kappa shape index (κ1) is 77.4. The van der Waals surface area contributed by atoms with Gasteiger partial charge in [0.15, 0.2) is 6.10 Å². The summed E-state index contributed by atoms with van der Waals surface area (Å²) < 4.78 is 17.0. The van der Waals surface area contributed by atoms with E-state index >= 15 is 0 Å². The second-order valence-electron chi connectivity index (χ2n) is 24.1. The Morgan fingerprint density at radius 2 is 0.450 bits per heavy atom. The topological polar surface area (TPSA) is 78.9 Å². The number of carbonyl (C=O) groups excluding carboxylic acids is 3. The van der Waals surface area contributed by atoms with Crippen molar-refractivity contribution in [3.63, 3.8) is 0 Å². The van der Waals surface area contributed by atoms with E-state index in [1.54, 1.807) is 0 Å². The van der Waals surface area contributed by atoms with E-state index in [-0.39, 0.29) is 31.1 Å². The van der Waals surface area contributed by atoms with Gasteiger partial charge in [-0.05, 0) is 83.5 Å². The Balaban J connectivity index is 4.26. The maximum Gasteiger partial charge on any atom is 0.306 e. The highest BCUT2D eigenvalue weighted by Crippen LogP contribution is 2.18. The van der Waals surface area contributed by atoms with Crippen molar-refractivity contribution in [3.8, 4) is 0 Å². The second-order valence-corrected chi connectivity index (χ2v) is 24.1. The van der Waals surface area contributed by atoms with Crippen LogP contribution in [0.4, 0.5) is 0 Å². The third-order valence-electron chi connectivity index (χ3n) is 16.1. The maximum atomic E-state index is 13.0. The Hall–Kier alpha value is -2.63. The van der Waals surface area contributed by atoms with Gasteiger partial charge in [0.2, 0.25) is 0 Å². The lowest BCUT2D eigenvalue weighted by Gasteiger charge is -2.18. The molecule has 0 rings (SSSR count). The van der Waals surface area contributed by atoms with Crippen LogP contribution in [0.2, 0.25) is 0 Å². The molecule has 0 amide bonds. The standard InChI is InChI=1S/C74H136O6/c1-4-7-10-13-16-19-22-25-28-30-32-34-35-36-37-38-39-41-42-44-46-49-52-55-58-61-64-67-73(76)79-70-71(69-78-72(75)66-63-60-57-54-51-48-27-24-21-18-15-12-9-6-3)80-74(77)68-65-62-59-56-53-50-47-45-43-40-33-31-29-26-23-20-17-14-11-8-5-2/h22,24-25,27,30,32,35-36,71H,4-21,23,26,28-29,31,33-34,37-70H2,1-3H3/b25-22-,27-24-,32-30-,36-35-. The number of esters is 3. The molecule has 0 radical (unpaired) electrons. The molecule has 0 aliphatic carbocycles. The van der Waals surface area contributed by atoms with E-state index in [2.05, 4.69) is 69.4 Å². The highest BCUT2D eigenvalue weighted by atomic mass is 16.6. The van der Waals surface area contributed by atoms with Gasteiger partial charge in [0.25, 0.3) is 0 Å². The molecule has 0 spiro atoms. The summed E-state index contributed by atoms with van der Waals surface area (Å²) in [6.07, 6.45) is 87.1. The molecule has 80 heavy (non-hydrogen) atoms. The first-order valence-corrected chi connectivity index (χ1v) is 35.6. The summed E-state index contributed by atoms with van der Waals surface area (Å²) in [4.78, 5) is 38.4. The zero-order valence-electron chi connectivity index (χ0n) is 53.9. The lowest BCUT2D eigenvalue weighted by molar-refractivity contribution is -0.167. The predicted octanol–water partition coefficient (Wildman–Crippen LogP) is 24.5. The minimum Gasteiger partial charge on any atom is -0.462 e. The highest BCUT2D eigenvalue weighted by molar-refractivity contribution is 5.71. The summed E-state index contributed by atoms with van der Waals surface area (Å²) in [6.45, 7) is 6.68. The number of rotatable bonds is 66. The summed E-state index contributed by atoms with van der Waals surface area (Å²) in [7, 11) is 0. The number of allylic oxidation sites excluding steroid dienone is 8. The van der Waals surface area contributed by atoms with Gasteiger partial charge in [0, 0.05) is 19.3 Å². The summed E-state index contributed by atoms with van der Waals surface area (Å²) in [5, 5.41) is 0. The van der Waals surface area contributed by atoms with E-state index in [4.69, 9.17) is 14.2 Å². The predicted molar refractivity (Wildman–Crippen MR) is 349 cm³/mol. The van der Waals surface area contributed by atoms with Crippen LogP contribution in [-0.4, -0.2) is 37.2 Å². The molecule has 0 heterocycles. The molecule has 0 fully saturated rings. The van der Waals surface area contributed by atoms with Crippen LogP contribution < -0.4 is 0 Å². The number of carbonyl (C=O) groups is 3. The largest absolute Gasteiger partial charge is 0.462 e. The molecule has 0 N–H and O–H groups in total. The maximum absolute atomic E-state index is 13.0. The summed E-state index contributed by atoms with van der Waals surface area (Å²) in [5.41, 5.74) is 0. The van der Waals surface area contributed by atoms with E-state index in [1.807, 2.05) is 0 Å². The fraction of sp³-hybridized carbons (Fsp3) is 0.851. The minimum absolute atomic E-state index is 0.0723. The molecular weight excluding hydrogens is 985 g/mol. The normalized spacial score (nSPS) is 12.3. The summed E-state index contributed by atoms with van der Waals surface area (Å²) in [6, 6.07) is 0. The van der Waals surface area contributed by atoms with Crippen molar-refractivity contribution >= 4 is 17.9 Å². The monoisotopic (exact) mass is 1120 g/mol. The van der Waals surface area contributed by atoms with Crippen molar-refractivity contribution < 1.29 is 28.6 Å². The van der Waals surface area contributed by atoms with Crippen LogP contribution in [0, 0.1) is 0 Å². The minimum atomic E-state index is -0.776. The van der Waals surface area contributed by atoms with Crippen LogP contribution in [0.3, 0.4) is 0 Å². The van der Waals surface area contributed by atoms with Gasteiger partial charge in [-0.1, -0.05) is 333 Å². The van der Waals surface area contributed by atoms with Crippen LogP contribution in [0.1, 0.15) is 387 Å². The van der Waals surface area contributed by atoms with Crippen LogP contribution in [0.5, 0.6) is 0 Å². The van der Waals surface area contributed by atoms with Gasteiger partial charge in [-0.15, -0.1) is 0 Å². The zero-order chi connectivity index (χ0) is 57.8. The molecule has 0 aromatic heterocycles. The zero-order valence-corrected chi connectivity index (χ0v) is 53.9. The summed E-state index contributed by atoms with van der Waals surface area (Å²) >= 11 is 0. The van der Waals surface area contributed by atoms with E-state index in [0.29, 0.717) is 19.3 Å². The van der Waals surface area contributed by atoms with E-state index in [9.17, 15) is 14.4 Å². The van der Waals surface area contributed by atoms with Crippen LogP contribution in [0.25, 0.3) is 0 Å². The molecule has 0 aliphatic heterocycles. The SMILES string of the molecule is CCCCCCC/C=C\C/C=C\C/C=C\CCCCCCCCCCCCCCC(=O)OCC(COC(=O)CCCCCCC/C=C\CCCCCCC)OC(=O)CCCCCCCCCCCCCCCCCCCCCCC. The van der Waals surface area contributed by atoms with Gasteiger partial charge in [0.1, 0.15) is 13.2 Å². The second kappa shape index (κ2) is 68.9. The lowest BCUT2D eigenvalue weighted by atomic mass is 10.0.